The molecule has 1 aromatic rings. The number of carbonyl (C=O) groups is 1. The van der Waals surface area contributed by atoms with Crippen LogP contribution in [0.4, 0.5) is 10.1 Å². The van der Waals surface area contributed by atoms with Gasteiger partial charge in [0, 0.05) is 0 Å². The highest BCUT2D eigenvalue weighted by molar-refractivity contribution is 6.33. The third-order valence-corrected chi connectivity index (χ3v) is 2.25. The SMILES string of the molecule is CCCNCC(=O)Nc1c(F)cccc1Cl. The van der Waals surface area contributed by atoms with E-state index in [1.54, 1.807) is 0 Å². The average Bonchev–Trinajstić information content (AvgIpc) is 2.24. The smallest absolute Gasteiger partial charge is 0.238 e. The summed E-state index contributed by atoms with van der Waals surface area (Å²) in [5.41, 5.74) is 0.0347. The minimum absolute atomic E-state index is 0.0347. The van der Waals surface area contributed by atoms with Gasteiger partial charge in [-0.1, -0.05) is 24.6 Å². The fraction of sp³-hybridized carbons (Fsp3) is 0.364. The van der Waals surface area contributed by atoms with Gasteiger partial charge in [0.25, 0.3) is 0 Å². The first-order valence-corrected chi connectivity index (χ1v) is 5.47. The van der Waals surface area contributed by atoms with E-state index in [2.05, 4.69) is 10.6 Å². The van der Waals surface area contributed by atoms with E-state index in [1.165, 1.54) is 18.2 Å². The van der Waals surface area contributed by atoms with Crippen LogP contribution in [0.1, 0.15) is 13.3 Å². The van der Waals surface area contributed by atoms with E-state index in [-0.39, 0.29) is 23.2 Å². The molecule has 0 unspecified atom stereocenters. The lowest BCUT2D eigenvalue weighted by atomic mass is 10.3. The Balaban J connectivity index is 2.56. The molecule has 0 aromatic heterocycles. The van der Waals surface area contributed by atoms with E-state index < -0.39 is 5.82 Å². The number of amides is 1. The fourth-order valence-electron chi connectivity index (χ4n) is 1.18. The zero-order valence-corrected chi connectivity index (χ0v) is 9.77. The second-order valence-corrected chi connectivity index (χ2v) is 3.73. The van der Waals surface area contributed by atoms with Gasteiger partial charge in [-0.15, -0.1) is 0 Å². The summed E-state index contributed by atoms with van der Waals surface area (Å²) in [7, 11) is 0. The molecule has 0 aliphatic carbocycles. The molecule has 0 bridgehead atoms. The third-order valence-electron chi connectivity index (χ3n) is 1.94. The van der Waals surface area contributed by atoms with Crippen molar-refractivity contribution in [3.8, 4) is 0 Å². The molecule has 0 spiro atoms. The van der Waals surface area contributed by atoms with Gasteiger partial charge >= 0.3 is 0 Å². The molecule has 0 aliphatic rings. The molecule has 1 amide bonds. The maximum atomic E-state index is 13.3. The molecular formula is C11H14ClFN2O. The fourth-order valence-corrected chi connectivity index (χ4v) is 1.39. The van der Waals surface area contributed by atoms with E-state index in [0.29, 0.717) is 0 Å². The topological polar surface area (TPSA) is 41.1 Å². The van der Waals surface area contributed by atoms with Crippen LogP contribution in [-0.4, -0.2) is 19.0 Å². The van der Waals surface area contributed by atoms with Crippen molar-refractivity contribution >= 4 is 23.2 Å². The summed E-state index contributed by atoms with van der Waals surface area (Å²) in [4.78, 5) is 11.4. The minimum atomic E-state index is -0.531. The number of anilines is 1. The van der Waals surface area contributed by atoms with Crippen molar-refractivity contribution in [2.75, 3.05) is 18.4 Å². The van der Waals surface area contributed by atoms with Gasteiger partial charge in [-0.2, -0.15) is 0 Å². The van der Waals surface area contributed by atoms with Crippen molar-refractivity contribution < 1.29 is 9.18 Å². The van der Waals surface area contributed by atoms with Crippen molar-refractivity contribution in [2.45, 2.75) is 13.3 Å². The van der Waals surface area contributed by atoms with Crippen molar-refractivity contribution in [3.05, 3.63) is 29.0 Å². The Morgan fingerprint density at radius 1 is 1.50 bits per heavy atom. The van der Waals surface area contributed by atoms with E-state index in [9.17, 15) is 9.18 Å². The summed E-state index contributed by atoms with van der Waals surface area (Å²) in [6, 6.07) is 4.27. The molecule has 3 nitrogen and oxygen atoms in total. The van der Waals surface area contributed by atoms with Crippen molar-refractivity contribution in [1.82, 2.24) is 5.32 Å². The summed E-state index contributed by atoms with van der Waals surface area (Å²) >= 11 is 5.76. The molecule has 0 radical (unpaired) electrons. The van der Waals surface area contributed by atoms with Crippen LogP contribution in [0.25, 0.3) is 0 Å². The van der Waals surface area contributed by atoms with Gasteiger partial charge in [-0.05, 0) is 25.1 Å². The highest BCUT2D eigenvalue weighted by Crippen LogP contribution is 2.24. The molecule has 0 aliphatic heterocycles. The van der Waals surface area contributed by atoms with Crippen molar-refractivity contribution in [2.24, 2.45) is 0 Å². The number of hydrogen-bond acceptors (Lipinski definition) is 2. The molecule has 1 aromatic carbocycles. The molecule has 5 heteroatoms. The normalized spacial score (nSPS) is 10.2. The Labute approximate surface area is 99.0 Å². The van der Waals surface area contributed by atoms with Gasteiger partial charge in [0.2, 0.25) is 5.91 Å². The Hall–Kier alpha value is -1.13. The lowest BCUT2D eigenvalue weighted by molar-refractivity contribution is -0.115. The number of nitrogens with one attached hydrogen (secondary N) is 2. The summed E-state index contributed by atoms with van der Waals surface area (Å²) < 4.78 is 13.3. The summed E-state index contributed by atoms with van der Waals surface area (Å²) in [5, 5.41) is 5.54. The van der Waals surface area contributed by atoms with E-state index in [1.807, 2.05) is 6.92 Å². The number of benzene rings is 1. The van der Waals surface area contributed by atoms with Crippen LogP contribution in [-0.2, 0) is 4.79 Å². The monoisotopic (exact) mass is 244 g/mol. The number of halogens is 2. The first-order chi connectivity index (χ1) is 7.65. The molecule has 0 heterocycles. The number of rotatable bonds is 5. The maximum absolute atomic E-state index is 13.3. The zero-order valence-electron chi connectivity index (χ0n) is 9.02. The van der Waals surface area contributed by atoms with Gasteiger partial charge in [0.05, 0.1) is 17.3 Å². The lowest BCUT2D eigenvalue weighted by Gasteiger charge is -2.08. The van der Waals surface area contributed by atoms with Crippen LogP contribution >= 0.6 is 11.6 Å². The summed E-state index contributed by atoms with van der Waals surface area (Å²) in [6.07, 6.45) is 0.938. The van der Waals surface area contributed by atoms with Crippen LogP contribution < -0.4 is 10.6 Å². The second kappa shape index (κ2) is 6.45. The first-order valence-electron chi connectivity index (χ1n) is 5.09. The molecule has 2 N–H and O–H groups in total. The van der Waals surface area contributed by atoms with Crippen LogP contribution in [0, 0.1) is 5.82 Å². The summed E-state index contributed by atoms with van der Waals surface area (Å²) in [5.74, 6) is -0.836. The molecule has 0 fully saturated rings. The molecule has 1 rings (SSSR count). The van der Waals surface area contributed by atoms with Crippen LogP contribution in [0.5, 0.6) is 0 Å². The molecule has 0 saturated heterocycles. The van der Waals surface area contributed by atoms with Gasteiger partial charge in [-0.3, -0.25) is 4.79 Å². The van der Waals surface area contributed by atoms with Crippen molar-refractivity contribution in [1.29, 1.82) is 0 Å². The van der Waals surface area contributed by atoms with Gasteiger partial charge in [0.15, 0.2) is 0 Å². The molecular weight excluding hydrogens is 231 g/mol. The Kier molecular flexibility index (Phi) is 5.22. The second-order valence-electron chi connectivity index (χ2n) is 3.32. The zero-order chi connectivity index (χ0) is 12.0. The van der Waals surface area contributed by atoms with E-state index in [4.69, 9.17) is 11.6 Å². The third kappa shape index (κ3) is 3.79. The predicted molar refractivity (Wildman–Crippen MR) is 63.2 cm³/mol. The van der Waals surface area contributed by atoms with E-state index in [0.717, 1.165) is 13.0 Å². The largest absolute Gasteiger partial charge is 0.321 e. The highest BCUT2D eigenvalue weighted by atomic mass is 35.5. The first kappa shape index (κ1) is 12.9. The maximum Gasteiger partial charge on any atom is 0.238 e. The van der Waals surface area contributed by atoms with Crippen LogP contribution in [0.3, 0.4) is 0 Å². The van der Waals surface area contributed by atoms with Crippen molar-refractivity contribution in [3.63, 3.8) is 0 Å². The van der Waals surface area contributed by atoms with E-state index >= 15 is 0 Å². The highest BCUT2D eigenvalue weighted by Gasteiger charge is 2.09. The number of hydrogen-bond donors (Lipinski definition) is 2. The minimum Gasteiger partial charge on any atom is -0.321 e. The molecule has 0 atom stereocenters. The molecule has 88 valence electrons. The lowest BCUT2D eigenvalue weighted by Crippen LogP contribution is -2.28. The molecule has 16 heavy (non-hydrogen) atoms. The van der Waals surface area contributed by atoms with Gasteiger partial charge in [-0.25, -0.2) is 4.39 Å². The van der Waals surface area contributed by atoms with Gasteiger partial charge in [0.1, 0.15) is 5.82 Å². The standard InChI is InChI=1S/C11H14ClFN2O/c1-2-6-14-7-10(16)15-11-8(12)4-3-5-9(11)13/h3-5,14H,2,6-7H2,1H3,(H,15,16). The predicted octanol–water partition coefficient (Wildman–Crippen LogP) is 2.42. The quantitative estimate of drug-likeness (QED) is 0.781. The molecule has 0 saturated carbocycles. The Bertz CT molecular complexity index is 351. The summed E-state index contributed by atoms with van der Waals surface area (Å²) in [6.45, 7) is 2.90. The Morgan fingerprint density at radius 2 is 2.25 bits per heavy atom. The average molecular weight is 245 g/mol. The Morgan fingerprint density at radius 3 is 2.88 bits per heavy atom. The van der Waals surface area contributed by atoms with Crippen LogP contribution in [0.2, 0.25) is 5.02 Å². The van der Waals surface area contributed by atoms with Gasteiger partial charge < -0.3 is 10.6 Å². The number of carbonyl (C=O) groups excluding carboxylic acids is 1. The van der Waals surface area contributed by atoms with Crippen LogP contribution in [0.15, 0.2) is 18.2 Å². The number of para-hydroxylation sites is 1.